The number of aliphatic hydroxyl groups excluding tert-OH is 1. The van der Waals surface area contributed by atoms with Crippen molar-refractivity contribution in [2.24, 2.45) is 0 Å². The van der Waals surface area contributed by atoms with Crippen LogP contribution in [-0.4, -0.2) is 24.4 Å². The molecule has 0 unspecified atom stereocenters. The average Bonchev–Trinajstić information content (AvgIpc) is 2.27. The zero-order valence-corrected chi connectivity index (χ0v) is 12.0. The molecule has 0 saturated heterocycles. The number of hydrogen-bond acceptors (Lipinski definition) is 3. The lowest BCUT2D eigenvalue weighted by Gasteiger charge is -2.15. The van der Waals surface area contributed by atoms with Crippen LogP contribution >= 0.6 is 15.9 Å². The molecule has 0 spiro atoms. The van der Waals surface area contributed by atoms with Crippen LogP contribution in [0.5, 0.6) is 5.75 Å². The molecular formula is C13H20BrNO2. The van der Waals surface area contributed by atoms with E-state index in [0.29, 0.717) is 0 Å². The number of aliphatic hydroxyl groups is 1. The number of nitrogens with one attached hydrogen (secondary N) is 1. The third-order valence-electron chi connectivity index (χ3n) is 2.21. The van der Waals surface area contributed by atoms with Crippen LogP contribution in [0.3, 0.4) is 0 Å². The Kier molecular flexibility index (Phi) is 6.55. The number of hydrogen-bond donors (Lipinski definition) is 2. The Labute approximate surface area is 111 Å². The SMILES string of the molecule is CC(C)Oc1ccc(Br)cc1CNCCCO. The summed E-state index contributed by atoms with van der Waals surface area (Å²) in [5, 5.41) is 12.0. The normalized spacial score (nSPS) is 10.9. The lowest BCUT2D eigenvalue weighted by molar-refractivity contribution is 0.239. The second kappa shape index (κ2) is 7.69. The Morgan fingerprint density at radius 3 is 2.82 bits per heavy atom. The van der Waals surface area contributed by atoms with E-state index in [0.717, 1.165) is 35.3 Å². The van der Waals surface area contributed by atoms with Gasteiger partial charge in [-0.3, -0.25) is 0 Å². The maximum Gasteiger partial charge on any atom is 0.124 e. The van der Waals surface area contributed by atoms with Gasteiger partial charge in [-0.25, -0.2) is 0 Å². The first-order valence-corrected chi connectivity index (χ1v) is 6.69. The largest absolute Gasteiger partial charge is 0.491 e. The van der Waals surface area contributed by atoms with E-state index < -0.39 is 0 Å². The van der Waals surface area contributed by atoms with Gasteiger partial charge in [-0.05, 0) is 45.0 Å². The van der Waals surface area contributed by atoms with Crippen LogP contribution in [0.25, 0.3) is 0 Å². The van der Waals surface area contributed by atoms with Gasteiger partial charge in [0.2, 0.25) is 0 Å². The van der Waals surface area contributed by atoms with Gasteiger partial charge in [-0.2, -0.15) is 0 Å². The summed E-state index contributed by atoms with van der Waals surface area (Å²) in [4.78, 5) is 0. The van der Waals surface area contributed by atoms with Gasteiger partial charge in [0.05, 0.1) is 6.10 Å². The zero-order chi connectivity index (χ0) is 12.7. The maximum absolute atomic E-state index is 8.71. The van der Waals surface area contributed by atoms with Gasteiger partial charge in [0.25, 0.3) is 0 Å². The van der Waals surface area contributed by atoms with Crippen molar-refractivity contribution in [1.29, 1.82) is 0 Å². The second-order valence-corrected chi connectivity index (χ2v) is 5.09. The Bertz CT molecular complexity index is 342. The molecule has 3 nitrogen and oxygen atoms in total. The highest BCUT2D eigenvalue weighted by Gasteiger charge is 2.06. The molecule has 17 heavy (non-hydrogen) atoms. The molecule has 1 aromatic rings. The molecule has 0 heterocycles. The first kappa shape index (κ1) is 14.5. The first-order valence-electron chi connectivity index (χ1n) is 5.90. The van der Waals surface area contributed by atoms with E-state index >= 15 is 0 Å². The number of rotatable bonds is 7. The van der Waals surface area contributed by atoms with Crippen molar-refractivity contribution in [1.82, 2.24) is 5.32 Å². The smallest absolute Gasteiger partial charge is 0.124 e. The second-order valence-electron chi connectivity index (χ2n) is 4.17. The van der Waals surface area contributed by atoms with Crippen LogP contribution in [0.15, 0.2) is 22.7 Å². The van der Waals surface area contributed by atoms with Crippen molar-refractivity contribution in [2.75, 3.05) is 13.2 Å². The fraction of sp³-hybridized carbons (Fsp3) is 0.538. The number of benzene rings is 1. The monoisotopic (exact) mass is 301 g/mol. The highest BCUT2D eigenvalue weighted by Crippen LogP contribution is 2.24. The van der Waals surface area contributed by atoms with Crippen LogP contribution in [0.4, 0.5) is 0 Å². The third kappa shape index (κ3) is 5.52. The van der Waals surface area contributed by atoms with Crippen LogP contribution < -0.4 is 10.1 Å². The topological polar surface area (TPSA) is 41.5 Å². The van der Waals surface area contributed by atoms with Crippen LogP contribution in [0.2, 0.25) is 0 Å². The van der Waals surface area contributed by atoms with E-state index in [1.165, 1.54) is 0 Å². The molecule has 4 heteroatoms. The van der Waals surface area contributed by atoms with Crippen molar-refractivity contribution >= 4 is 15.9 Å². The van der Waals surface area contributed by atoms with Crippen molar-refractivity contribution in [3.63, 3.8) is 0 Å². The Morgan fingerprint density at radius 2 is 2.18 bits per heavy atom. The zero-order valence-electron chi connectivity index (χ0n) is 10.4. The van der Waals surface area contributed by atoms with E-state index in [9.17, 15) is 0 Å². The lowest BCUT2D eigenvalue weighted by atomic mass is 10.2. The van der Waals surface area contributed by atoms with Gasteiger partial charge in [0, 0.05) is 23.2 Å². The summed E-state index contributed by atoms with van der Waals surface area (Å²) in [5.41, 5.74) is 1.13. The standard InChI is InChI=1S/C13H20BrNO2/c1-10(2)17-13-5-4-12(14)8-11(13)9-15-6-3-7-16/h4-5,8,10,15-16H,3,6-7,9H2,1-2H3. The minimum atomic E-state index is 0.173. The third-order valence-corrected chi connectivity index (χ3v) is 2.71. The molecule has 0 bridgehead atoms. The van der Waals surface area contributed by atoms with Gasteiger partial charge in [-0.15, -0.1) is 0 Å². The van der Waals surface area contributed by atoms with E-state index in [1.54, 1.807) is 0 Å². The molecule has 0 atom stereocenters. The van der Waals surface area contributed by atoms with Crippen LogP contribution in [0.1, 0.15) is 25.8 Å². The Hall–Kier alpha value is -0.580. The summed E-state index contributed by atoms with van der Waals surface area (Å²) in [6.45, 7) is 5.82. The minimum absolute atomic E-state index is 0.173. The quantitative estimate of drug-likeness (QED) is 0.761. The predicted octanol–water partition coefficient (Wildman–Crippen LogP) is 2.71. The van der Waals surface area contributed by atoms with Gasteiger partial charge in [0.15, 0.2) is 0 Å². The molecule has 1 aromatic carbocycles. The Morgan fingerprint density at radius 1 is 1.41 bits per heavy atom. The van der Waals surface area contributed by atoms with Crippen molar-refractivity contribution in [3.8, 4) is 5.75 Å². The van der Waals surface area contributed by atoms with Gasteiger partial charge in [-0.1, -0.05) is 15.9 Å². The molecule has 0 saturated carbocycles. The van der Waals surface area contributed by atoms with E-state index in [-0.39, 0.29) is 12.7 Å². The summed E-state index contributed by atoms with van der Waals surface area (Å²) < 4.78 is 6.80. The number of ether oxygens (including phenoxy) is 1. The fourth-order valence-corrected chi connectivity index (χ4v) is 1.89. The Balaban J connectivity index is 2.63. The summed E-state index contributed by atoms with van der Waals surface area (Å²) in [6.07, 6.45) is 0.946. The first-order chi connectivity index (χ1) is 8.13. The highest BCUT2D eigenvalue weighted by molar-refractivity contribution is 9.10. The van der Waals surface area contributed by atoms with E-state index in [4.69, 9.17) is 9.84 Å². The molecule has 0 aliphatic rings. The average molecular weight is 302 g/mol. The fourth-order valence-electron chi connectivity index (χ4n) is 1.48. The molecule has 1 rings (SSSR count). The van der Waals surface area contributed by atoms with Crippen LogP contribution in [-0.2, 0) is 6.54 Å². The summed E-state index contributed by atoms with van der Waals surface area (Å²) >= 11 is 3.46. The highest BCUT2D eigenvalue weighted by atomic mass is 79.9. The summed E-state index contributed by atoms with van der Waals surface area (Å²) in [6, 6.07) is 6.02. The summed E-state index contributed by atoms with van der Waals surface area (Å²) in [5.74, 6) is 0.916. The van der Waals surface area contributed by atoms with Gasteiger partial charge >= 0.3 is 0 Å². The molecule has 0 aliphatic heterocycles. The minimum Gasteiger partial charge on any atom is -0.491 e. The predicted molar refractivity (Wildman–Crippen MR) is 73.3 cm³/mol. The molecule has 2 N–H and O–H groups in total. The van der Waals surface area contributed by atoms with E-state index in [1.807, 2.05) is 26.0 Å². The lowest BCUT2D eigenvalue weighted by Crippen LogP contribution is -2.17. The maximum atomic E-state index is 8.71. The van der Waals surface area contributed by atoms with Gasteiger partial charge in [0.1, 0.15) is 5.75 Å². The van der Waals surface area contributed by atoms with Crippen molar-refractivity contribution in [3.05, 3.63) is 28.2 Å². The molecule has 0 radical (unpaired) electrons. The van der Waals surface area contributed by atoms with Crippen molar-refractivity contribution < 1.29 is 9.84 Å². The van der Waals surface area contributed by atoms with Crippen LogP contribution in [0, 0.1) is 0 Å². The van der Waals surface area contributed by atoms with Gasteiger partial charge < -0.3 is 15.2 Å². The van der Waals surface area contributed by atoms with E-state index in [2.05, 4.69) is 27.3 Å². The molecule has 96 valence electrons. The molecule has 0 amide bonds. The molecule has 0 aromatic heterocycles. The molecular weight excluding hydrogens is 282 g/mol. The summed E-state index contributed by atoms with van der Waals surface area (Å²) in [7, 11) is 0. The van der Waals surface area contributed by atoms with Crippen molar-refractivity contribution in [2.45, 2.75) is 32.9 Å². The molecule has 0 aliphatic carbocycles. The molecule has 0 fully saturated rings. The number of halogens is 1.